The second-order valence-electron chi connectivity index (χ2n) is 9.57. The molecule has 0 radical (unpaired) electrons. The molecule has 2 amide bonds. The van der Waals surface area contributed by atoms with Gasteiger partial charge in [-0.15, -0.1) is 0 Å². The summed E-state index contributed by atoms with van der Waals surface area (Å²) in [6.07, 6.45) is 2.13. The van der Waals surface area contributed by atoms with E-state index in [4.69, 9.17) is 5.73 Å². The molecule has 4 unspecified atom stereocenters. The highest BCUT2D eigenvalue weighted by molar-refractivity contribution is 7.89. The van der Waals surface area contributed by atoms with Crippen molar-refractivity contribution in [3.8, 4) is 6.07 Å². The van der Waals surface area contributed by atoms with E-state index in [1.54, 1.807) is 23.1 Å². The van der Waals surface area contributed by atoms with Crippen LogP contribution in [0.2, 0.25) is 0 Å². The van der Waals surface area contributed by atoms with Crippen LogP contribution in [0.15, 0.2) is 29.2 Å². The smallest absolute Gasteiger partial charge is 0.242 e. The molecular weight excluding hydrogens is 456 g/mol. The number of piperazine rings is 1. The number of benzene rings is 1. The minimum Gasteiger partial charge on any atom is -0.330 e. The Morgan fingerprint density at radius 1 is 1.35 bits per heavy atom. The molecule has 0 saturated carbocycles. The van der Waals surface area contributed by atoms with Gasteiger partial charge in [0.05, 0.1) is 29.1 Å². The van der Waals surface area contributed by atoms with Gasteiger partial charge in [0.25, 0.3) is 0 Å². The molecular formula is C23H32N6O4S. The first-order chi connectivity index (χ1) is 16.1. The molecule has 2 bridgehead atoms. The van der Waals surface area contributed by atoms with Crippen LogP contribution in [0.4, 0.5) is 0 Å². The molecule has 0 spiro atoms. The van der Waals surface area contributed by atoms with E-state index in [2.05, 4.69) is 6.07 Å². The Morgan fingerprint density at radius 2 is 2.09 bits per heavy atom. The van der Waals surface area contributed by atoms with Gasteiger partial charge in [-0.3, -0.25) is 14.5 Å². The van der Waals surface area contributed by atoms with E-state index in [9.17, 15) is 23.3 Å². The van der Waals surface area contributed by atoms with Crippen molar-refractivity contribution in [2.45, 2.75) is 61.3 Å². The third kappa shape index (κ3) is 4.20. The molecule has 0 aromatic heterocycles. The quantitative estimate of drug-likeness (QED) is 0.577. The number of carbonyl (C=O) groups is 2. The van der Waals surface area contributed by atoms with Gasteiger partial charge in [0.2, 0.25) is 21.8 Å². The predicted octanol–water partition coefficient (Wildman–Crippen LogP) is 0.125. The van der Waals surface area contributed by atoms with Crippen molar-refractivity contribution in [3.63, 3.8) is 0 Å². The molecule has 1 aromatic carbocycles. The lowest BCUT2D eigenvalue weighted by Crippen LogP contribution is -2.56. The van der Waals surface area contributed by atoms with Crippen molar-refractivity contribution in [1.82, 2.24) is 19.0 Å². The van der Waals surface area contributed by atoms with E-state index in [0.29, 0.717) is 25.9 Å². The summed E-state index contributed by atoms with van der Waals surface area (Å²) in [5, 5.41) is 9.25. The maximum atomic E-state index is 13.3. The van der Waals surface area contributed by atoms with Gasteiger partial charge >= 0.3 is 0 Å². The summed E-state index contributed by atoms with van der Waals surface area (Å²) >= 11 is 0. The number of amides is 2. The Balaban J connectivity index is 1.43. The summed E-state index contributed by atoms with van der Waals surface area (Å²) in [7, 11) is -0.595. The molecule has 3 saturated heterocycles. The molecule has 3 fully saturated rings. The number of nitrogens with two attached hydrogens (primary N) is 1. The van der Waals surface area contributed by atoms with E-state index < -0.39 is 22.1 Å². The highest BCUT2D eigenvalue weighted by Gasteiger charge is 2.51. The molecule has 10 nitrogen and oxygen atoms in total. The maximum absolute atomic E-state index is 13.3. The van der Waals surface area contributed by atoms with E-state index in [1.165, 1.54) is 18.4 Å². The minimum absolute atomic E-state index is 0.0254. The fraction of sp³-hybridized carbons (Fsp3) is 0.609. The molecule has 34 heavy (non-hydrogen) atoms. The molecule has 3 aliphatic rings. The van der Waals surface area contributed by atoms with Crippen molar-refractivity contribution < 1.29 is 18.0 Å². The third-order valence-electron chi connectivity index (χ3n) is 7.28. The first kappa shape index (κ1) is 24.6. The lowest BCUT2D eigenvalue weighted by Gasteiger charge is -2.38. The van der Waals surface area contributed by atoms with Crippen molar-refractivity contribution in [1.29, 1.82) is 5.26 Å². The Hall–Kier alpha value is -2.52. The van der Waals surface area contributed by atoms with Gasteiger partial charge in [-0.05, 0) is 43.9 Å². The van der Waals surface area contributed by atoms with Gasteiger partial charge in [0.15, 0.2) is 0 Å². The fourth-order valence-electron chi connectivity index (χ4n) is 5.41. The van der Waals surface area contributed by atoms with Gasteiger partial charge in [-0.25, -0.2) is 12.7 Å². The first-order valence-electron chi connectivity index (χ1n) is 11.6. The molecule has 2 N–H and O–H groups in total. The van der Waals surface area contributed by atoms with Crippen molar-refractivity contribution >= 4 is 21.8 Å². The average Bonchev–Trinajstić information content (AvgIpc) is 3.52. The highest BCUT2D eigenvalue weighted by atomic mass is 32.2. The average molecular weight is 489 g/mol. The standard InChI is InChI=1S/C23H32N6O4S/c1-15(16-6-4-8-19(10-16)34(32,33)26(2)3)29-18-11-21(23(29)31)27(13-18)14-20(25)22(30)28-9-5-7-17(28)12-24/h4,6,8,10,15,17-18,20-21H,5,7,9,11,13-14,25H2,1-3H3/t15?,17?,18-,20?,21?/m0/s1. The van der Waals surface area contributed by atoms with E-state index in [1.807, 2.05) is 22.8 Å². The second kappa shape index (κ2) is 9.26. The molecule has 11 heteroatoms. The number of likely N-dealkylation sites (tertiary alicyclic amines) is 3. The summed E-state index contributed by atoms with van der Waals surface area (Å²) in [5.41, 5.74) is 6.97. The molecule has 3 aliphatic heterocycles. The number of rotatable bonds is 7. The van der Waals surface area contributed by atoms with Crippen molar-refractivity contribution in [2.75, 3.05) is 33.7 Å². The first-order valence-corrected chi connectivity index (χ1v) is 13.0. The van der Waals surface area contributed by atoms with Crippen molar-refractivity contribution in [2.24, 2.45) is 5.73 Å². The van der Waals surface area contributed by atoms with Crippen LogP contribution < -0.4 is 5.73 Å². The van der Waals surface area contributed by atoms with Crippen LogP contribution >= 0.6 is 0 Å². The Labute approximate surface area is 200 Å². The van der Waals surface area contributed by atoms with Crippen LogP contribution in [0.3, 0.4) is 0 Å². The number of hydrogen-bond acceptors (Lipinski definition) is 7. The lowest BCUT2D eigenvalue weighted by atomic mass is 10.1. The summed E-state index contributed by atoms with van der Waals surface area (Å²) in [6, 6.07) is 7.05. The topological polar surface area (TPSA) is 131 Å². The Morgan fingerprint density at radius 3 is 2.74 bits per heavy atom. The van der Waals surface area contributed by atoms with Crippen LogP contribution in [0.1, 0.15) is 37.8 Å². The largest absolute Gasteiger partial charge is 0.330 e. The summed E-state index contributed by atoms with van der Waals surface area (Å²) < 4.78 is 26.2. The summed E-state index contributed by atoms with van der Waals surface area (Å²) in [4.78, 5) is 31.6. The summed E-state index contributed by atoms with van der Waals surface area (Å²) in [5.74, 6) is -0.260. The summed E-state index contributed by atoms with van der Waals surface area (Å²) in [6.45, 7) is 3.34. The monoisotopic (exact) mass is 488 g/mol. The van der Waals surface area contributed by atoms with Crippen LogP contribution in [-0.4, -0.2) is 97.1 Å². The Bertz CT molecular complexity index is 1120. The predicted molar refractivity (Wildman–Crippen MR) is 125 cm³/mol. The highest BCUT2D eigenvalue weighted by Crippen LogP contribution is 2.38. The number of hydrogen-bond donors (Lipinski definition) is 1. The number of sulfonamides is 1. The SMILES string of the molecule is CC(c1cccc(S(=O)(=O)N(C)C)c1)N1C(=O)C2C[C@H]1CN2CC(N)C(=O)N1CCCC1C#N. The third-order valence-corrected chi connectivity index (χ3v) is 9.10. The van der Waals surface area contributed by atoms with Crippen LogP contribution in [0.5, 0.6) is 0 Å². The van der Waals surface area contributed by atoms with Crippen LogP contribution in [-0.2, 0) is 19.6 Å². The number of fused-ring (bicyclic) bond motifs is 2. The maximum Gasteiger partial charge on any atom is 0.242 e. The number of nitriles is 1. The van der Waals surface area contributed by atoms with E-state index in [0.717, 1.165) is 12.0 Å². The molecule has 184 valence electrons. The minimum atomic E-state index is -3.57. The van der Waals surface area contributed by atoms with Crippen LogP contribution in [0, 0.1) is 11.3 Å². The normalized spacial score (nSPS) is 26.8. The van der Waals surface area contributed by atoms with E-state index >= 15 is 0 Å². The lowest BCUT2D eigenvalue weighted by molar-refractivity contribution is -0.141. The fourth-order valence-corrected chi connectivity index (χ4v) is 6.37. The van der Waals surface area contributed by atoms with Crippen LogP contribution in [0.25, 0.3) is 0 Å². The number of nitrogens with zero attached hydrogens (tertiary/aromatic N) is 5. The zero-order valence-corrected chi connectivity index (χ0v) is 20.6. The van der Waals surface area contributed by atoms with Gasteiger partial charge in [0.1, 0.15) is 6.04 Å². The van der Waals surface area contributed by atoms with Crippen molar-refractivity contribution in [3.05, 3.63) is 29.8 Å². The zero-order chi connectivity index (χ0) is 24.8. The Kier molecular flexibility index (Phi) is 6.70. The van der Waals surface area contributed by atoms with Gasteiger partial charge in [0, 0.05) is 39.8 Å². The van der Waals surface area contributed by atoms with Gasteiger partial charge < -0.3 is 15.5 Å². The van der Waals surface area contributed by atoms with E-state index in [-0.39, 0.29) is 41.4 Å². The molecule has 0 aliphatic carbocycles. The second-order valence-corrected chi connectivity index (χ2v) is 11.7. The molecule has 3 heterocycles. The number of carbonyl (C=O) groups excluding carboxylic acids is 2. The molecule has 5 atom stereocenters. The molecule has 4 rings (SSSR count). The zero-order valence-electron chi connectivity index (χ0n) is 19.8. The van der Waals surface area contributed by atoms with Gasteiger partial charge in [-0.2, -0.15) is 5.26 Å². The molecule has 1 aromatic rings. The van der Waals surface area contributed by atoms with Gasteiger partial charge in [-0.1, -0.05) is 12.1 Å².